The first-order valence-corrected chi connectivity index (χ1v) is 6.01. The number of carbonyl (C=O) groups is 2. The zero-order valence-corrected chi connectivity index (χ0v) is 10.2. The van der Waals surface area contributed by atoms with Crippen LogP contribution in [0.5, 0.6) is 5.75 Å². The molecule has 1 fully saturated rings. The summed E-state index contributed by atoms with van der Waals surface area (Å²) in [5, 5.41) is 20.9. The molecule has 6 heteroatoms. The number of ether oxygens (including phenoxy) is 1. The molecule has 1 saturated heterocycles. The molecular formula is C13H15NO5. The summed E-state index contributed by atoms with van der Waals surface area (Å²) in [6.07, 6.45) is -0.902. The van der Waals surface area contributed by atoms with E-state index in [2.05, 4.69) is 5.32 Å². The Bertz CT molecular complexity index is 488. The van der Waals surface area contributed by atoms with E-state index >= 15 is 0 Å². The minimum Gasteiger partial charge on any atom is -0.508 e. The lowest BCUT2D eigenvalue weighted by Crippen LogP contribution is -2.35. The smallest absolute Gasteiger partial charge is 0.332 e. The average molecular weight is 265 g/mol. The molecule has 1 aromatic carbocycles. The Morgan fingerprint density at radius 1 is 1.26 bits per heavy atom. The second-order valence-electron chi connectivity index (χ2n) is 4.38. The highest BCUT2D eigenvalue weighted by Crippen LogP contribution is 2.20. The first kappa shape index (κ1) is 13.4. The van der Waals surface area contributed by atoms with Crippen LogP contribution in [0.2, 0.25) is 0 Å². The minimum atomic E-state index is -1.05. The zero-order valence-electron chi connectivity index (χ0n) is 10.2. The molecule has 1 aromatic rings. The van der Waals surface area contributed by atoms with Gasteiger partial charge in [0.25, 0.3) is 0 Å². The number of carboxylic acids is 1. The normalized spacial score (nSPS) is 22.1. The number of carbonyl (C=O) groups excluding carboxylic acids is 1. The lowest BCUT2D eigenvalue weighted by atomic mass is 10.1. The van der Waals surface area contributed by atoms with E-state index in [1.807, 2.05) is 0 Å². The van der Waals surface area contributed by atoms with Gasteiger partial charge in [-0.2, -0.15) is 0 Å². The van der Waals surface area contributed by atoms with Crippen molar-refractivity contribution in [2.45, 2.75) is 31.6 Å². The van der Waals surface area contributed by atoms with Gasteiger partial charge in [0.1, 0.15) is 11.9 Å². The van der Waals surface area contributed by atoms with Gasteiger partial charge in [-0.3, -0.25) is 4.79 Å². The predicted octanol–water partition coefficient (Wildman–Crippen LogP) is 0.641. The summed E-state index contributed by atoms with van der Waals surface area (Å²) in [5.41, 5.74) is 0.601. The van der Waals surface area contributed by atoms with Crippen LogP contribution in [0, 0.1) is 0 Å². The van der Waals surface area contributed by atoms with Crippen molar-refractivity contribution >= 4 is 11.9 Å². The molecule has 102 valence electrons. The van der Waals surface area contributed by atoms with Gasteiger partial charge in [0.15, 0.2) is 6.10 Å². The molecular weight excluding hydrogens is 250 g/mol. The number of carboxylic acid groups (broad SMARTS) is 1. The van der Waals surface area contributed by atoms with Gasteiger partial charge in [0.2, 0.25) is 5.91 Å². The maximum atomic E-state index is 11.8. The number of aromatic hydroxyl groups is 1. The van der Waals surface area contributed by atoms with Crippen LogP contribution in [-0.4, -0.2) is 34.3 Å². The van der Waals surface area contributed by atoms with E-state index in [1.165, 1.54) is 6.07 Å². The molecule has 0 spiro atoms. The molecule has 6 nitrogen and oxygen atoms in total. The maximum Gasteiger partial charge on any atom is 0.332 e. The Kier molecular flexibility index (Phi) is 4.01. The van der Waals surface area contributed by atoms with Crippen molar-refractivity contribution in [3.63, 3.8) is 0 Å². The Hall–Kier alpha value is -2.08. The highest BCUT2D eigenvalue weighted by molar-refractivity contribution is 5.82. The van der Waals surface area contributed by atoms with Crippen molar-refractivity contribution in [1.29, 1.82) is 0 Å². The number of amides is 1. The van der Waals surface area contributed by atoms with E-state index in [-0.39, 0.29) is 18.2 Å². The quantitative estimate of drug-likeness (QED) is 0.742. The monoisotopic (exact) mass is 265 g/mol. The third kappa shape index (κ3) is 3.23. The van der Waals surface area contributed by atoms with Crippen LogP contribution in [0.3, 0.4) is 0 Å². The number of nitrogens with one attached hydrogen (secondary N) is 1. The summed E-state index contributed by atoms with van der Waals surface area (Å²) in [4.78, 5) is 22.5. The van der Waals surface area contributed by atoms with Gasteiger partial charge in [0, 0.05) is 12.1 Å². The van der Waals surface area contributed by atoms with Gasteiger partial charge in [-0.05, 0) is 18.9 Å². The molecule has 2 atom stereocenters. The zero-order chi connectivity index (χ0) is 13.8. The fourth-order valence-electron chi connectivity index (χ4n) is 1.97. The second-order valence-corrected chi connectivity index (χ2v) is 4.38. The van der Waals surface area contributed by atoms with E-state index < -0.39 is 18.2 Å². The van der Waals surface area contributed by atoms with Crippen LogP contribution in [0.1, 0.15) is 18.4 Å². The van der Waals surface area contributed by atoms with Gasteiger partial charge in [0.05, 0.1) is 0 Å². The van der Waals surface area contributed by atoms with Crippen LogP contribution in [-0.2, 0) is 20.9 Å². The van der Waals surface area contributed by atoms with Crippen LogP contribution < -0.4 is 5.32 Å². The molecule has 1 amide bonds. The van der Waals surface area contributed by atoms with Crippen LogP contribution in [0.4, 0.5) is 0 Å². The summed E-state index contributed by atoms with van der Waals surface area (Å²) in [6, 6.07) is 6.69. The largest absolute Gasteiger partial charge is 0.508 e. The molecule has 0 saturated carbocycles. The molecule has 1 heterocycles. The number of phenols is 1. The number of rotatable bonds is 4. The van der Waals surface area contributed by atoms with E-state index in [0.717, 1.165) is 0 Å². The molecule has 1 aliphatic rings. The van der Waals surface area contributed by atoms with E-state index in [0.29, 0.717) is 18.4 Å². The number of para-hydroxylation sites is 1. The molecule has 0 aliphatic carbocycles. The topological polar surface area (TPSA) is 95.9 Å². The SMILES string of the molecule is O=C(NCc1ccccc1O)[C@@H]1CC[C@H](C(=O)O)O1. The Morgan fingerprint density at radius 2 is 1.95 bits per heavy atom. The fraction of sp³-hybridized carbons (Fsp3) is 0.385. The molecule has 0 bridgehead atoms. The van der Waals surface area contributed by atoms with Crippen molar-refractivity contribution in [2.24, 2.45) is 0 Å². The number of aliphatic carboxylic acids is 1. The molecule has 19 heavy (non-hydrogen) atoms. The van der Waals surface area contributed by atoms with Crippen molar-refractivity contribution in [1.82, 2.24) is 5.32 Å². The second kappa shape index (κ2) is 5.71. The lowest BCUT2D eigenvalue weighted by Gasteiger charge is -2.12. The third-order valence-corrected chi connectivity index (χ3v) is 3.03. The molecule has 3 N–H and O–H groups in total. The van der Waals surface area contributed by atoms with Crippen LogP contribution in [0.15, 0.2) is 24.3 Å². The number of phenolic OH excluding ortho intramolecular Hbond substituents is 1. The van der Waals surface area contributed by atoms with Crippen LogP contribution >= 0.6 is 0 Å². The van der Waals surface area contributed by atoms with Crippen molar-refractivity contribution < 1.29 is 24.5 Å². The molecule has 0 radical (unpaired) electrons. The predicted molar refractivity (Wildman–Crippen MR) is 65.5 cm³/mol. The third-order valence-electron chi connectivity index (χ3n) is 3.03. The number of hydrogen-bond acceptors (Lipinski definition) is 4. The summed E-state index contributed by atoms with van der Waals surface area (Å²) in [7, 11) is 0. The first-order chi connectivity index (χ1) is 9.08. The van der Waals surface area contributed by atoms with Crippen molar-refractivity contribution in [3.8, 4) is 5.75 Å². The molecule has 0 unspecified atom stereocenters. The Labute approximate surface area is 110 Å². The van der Waals surface area contributed by atoms with Crippen molar-refractivity contribution in [2.75, 3.05) is 0 Å². The van der Waals surface area contributed by atoms with Gasteiger partial charge in [-0.15, -0.1) is 0 Å². The van der Waals surface area contributed by atoms with Gasteiger partial charge in [-0.1, -0.05) is 18.2 Å². The molecule has 2 rings (SSSR count). The van der Waals surface area contributed by atoms with Gasteiger partial charge in [-0.25, -0.2) is 4.79 Å². The Balaban J connectivity index is 1.86. The summed E-state index contributed by atoms with van der Waals surface area (Å²) in [5.74, 6) is -1.29. The highest BCUT2D eigenvalue weighted by Gasteiger charge is 2.34. The molecule has 1 aliphatic heterocycles. The number of hydrogen-bond donors (Lipinski definition) is 3. The minimum absolute atomic E-state index is 0.110. The standard InChI is InChI=1S/C13H15NO5/c15-9-4-2-1-3-8(9)7-14-12(16)10-5-6-11(19-10)13(17)18/h1-4,10-11,15H,5-7H2,(H,14,16)(H,17,18)/t10-,11+/m0/s1. The maximum absolute atomic E-state index is 11.8. The van der Waals surface area contributed by atoms with Crippen LogP contribution in [0.25, 0.3) is 0 Å². The average Bonchev–Trinajstić information content (AvgIpc) is 2.87. The van der Waals surface area contributed by atoms with E-state index in [1.54, 1.807) is 18.2 Å². The van der Waals surface area contributed by atoms with Crippen molar-refractivity contribution in [3.05, 3.63) is 29.8 Å². The highest BCUT2D eigenvalue weighted by atomic mass is 16.5. The van der Waals surface area contributed by atoms with E-state index in [9.17, 15) is 14.7 Å². The first-order valence-electron chi connectivity index (χ1n) is 6.01. The number of benzene rings is 1. The lowest BCUT2D eigenvalue weighted by molar-refractivity contribution is -0.151. The van der Waals surface area contributed by atoms with Gasteiger partial charge >= 0.3 is 5.97 Å². The van der Waals surface area contributed by atoms with Gasteiger partial charge < -0.3 is 20.3 Å². The summed E-state index contributed by atoms with van der Waals surface area (Å²) < 4.78 is 5.13. The Morgan fingerprint density at radius 3 is 2.58 bits per heavy atom. The fourth-order valence-corrected chi connectivity index (χ4v) is 1.97. The van der Waals surface area contributed by atoms with E-state index in [4.69, 9.17) is 9.84 Å². The summed E-state index contributed by atoms with van der Waals surface area (Å²) in [6.45, 7) is 0.184. The molecule has 0 aromatic heterocycles. The summed E-state index contributed by atoms with van der Waals surface area (Å²) >= 11 is 0.